The molecule has 0 aliphatic heterocycles. The molecule has 0 fully saturated rings. The van der Waals surface area contributed by atoms with Crippen molar-refractivity contribution in [2.75, 3.05) is 18.2 Å². The van der Waals surface area contributed by atoms with Crippen LogP contribution in [0.15, 0.2) is 41.4 Å². The summed E-state index contributed by atoms with van der Waals surface area (Å²) in [7, 11) is 1.57. The highest BCUT2D eigenvalue weighted by atomic mass is 32.2. The minimum atomic E-state index is -0.123. The number of carbonyl (C=O) groups excluding carboxylic acids is 1. The van der Waals surface area contributed by atoms with Crippen molar-refractivity contribution >= 4 is 29.0 Å². The summed E-state index contributed by atoms with van der Waals surface area (Å²) in [4.78, 5) is 12.1. The van der Waals surface area contributed by atoms with E-state index in [1.165, 1.54) is 11.8 Å². The number of hydrogen-bond donors (Lipinski definition) is 1. The minimum Gasteiger partial charge on any atom is -0.495 e. The van der Waals surface area contributed by atoms with Crippen LogP contribution < -0.4 is 10.1 Å². The first-order chi connectivity index (χ1) is 11.2. The summed E-state index contributed by atoms with van der Waals surface area (Å²) in [6.07, 6.45) is 0. The molecule has 0 unspecified atom stereocenters. The van der Waals surface area contributed by atoms with Gasteiger partial charge in [0.1, 0.15) is 10.8 Å². The van der Waals surface area contributed by atoms with E-state index in [9.17, 15) is 4.79 Å². The first kappa shape index (κ1) is 15.3. The summed E-state index contributed by atoms with van der Waals surface area (Å²) in [5.74, 6) is 1.46. The SMILES string of the molecule is COc1ccccc1NC(=O)CSc1ccc2nnc(C)n2n1. The van der Waals surface area contributed by atoms with Gasteiger partial charge in [-0.1, -0.05) is 23.9 Å². The Labute approximate surface area is 137 Å². The molecule has 1 N–H and O–H groups in total. The van der Waals surface area contributed by atoms with E-state index in [-0.39, 0.29) is 11.7 Å². The molecule has 7 nitrogen and oxygen atoms in total. The lowest BCUT2D eigenvalue weighted by Gasteiger charge is -2.09. The number of thioether (sulfide) groups is 1. The summed E-state index contributed by atoms with van der Waals surface area (Å²) in [6.45, 7) is 1.83. The fourth-order valence-corrected chi connectivity index (χ4v) is 2.68. The molecule has 0 atom stereocenters. The molecule has 0 radical (unpaired) electrons. The highest BCUT2D eigenvalue weighted by Gasteiger charge is 2.09. The van der Waals surface area contributed by atoms with Crippen molar-refractivity contribution < 1.29 is 9.53 Å². The molecule has 23 heavy (non-hydrogen) atoms. The molecule has 3 rings (SSSR count). The first-order valence-corrected chi connectivity index (χ1v) is 7.90. The van der Waals surface area contributed by atoms with Gasteiger partial charge in [-0.25, -0.2) is 0 Å². The molecule has 0 bridgehead atoms. The number of aromatic nitrogens is 4. The van der Waals surface area contributed by atoms with Crippen molar-refractivity contribution in [1.82, 2.24) is 19.8 Å². The summed E-state index contributed by atoms with van der Waals surface area (Å²) in [5, 5.41) is 15.9. The van der Waals surface area contributed by atoms with Gasteiger partial charge in [0.15, 0.2) is 11.5 Å². The molecule has 1 aromatic carbocycles. The normalized spacial score (nSPS) is 10.7. The number of nitrogens with zero attached hydrogens (tertiary/aromatic N) is 4. The third kappa shape index (κ3) is 3.42. The Morgan fingerprint density at radius 2 is 2.09 bits per heavy atom. The van der Waals surface area contributed by atoms with E-state index >= 15 is 0 Å². The van der Waals surface area contributed by atoms with Crippen LogP contribution in [0, 0.1) is 6.92 Å². The number of nitrogens with one attached hydrogen (secondary N) is 1. The molecule has 0 saturated carbocycles. The highest BCUT2D eigenvalue weighted by molar-refractivity contribution is 7.99. The smallest absolute Gasteiger partial charge is 0.234 e. The van der Waals surface area contributed by atoms with E-state index < -0.39 is 0 Å². The van der Waals surface area contributed by atoms with Gasteiger partial charge in [0.25, 0.3) is 0 Å². The van der Waals surface area contributed by atoms with Crippen LogP contribution >= 0.6 is 11.8 Å². The number of ether oxygens (including phenoxy) is 1. The maximum Gasteiger partial charge on any atom is 0.234 e. The average molecular weight is 329 g/mol. The third-order valence-corrected chi connectivity index (χ3v) is 4.05. The number of hydrogen-bond acceptors (Lipinski definition) is 6. The van der Waals surface area contributed by atoms with Crippen molar-refractivity contribution in [3.8, 4) is 5.75 Å². The van der Waals surface area contributed by atoms with Crippen LogP contribution in [0.1, 0.15) is 5.82 Å². The zero-order chi connectivity index (χ0) is 16.2. The quantitative estimate of drug-likeness (QED) is 0.723. The van der Waals surface area contributed by atoms with Crippen molar-refractivity contribution in [2.45, 2.75) is 11.9 Å². The molecular weight excluding hydrogens is 314 g/mol. The lowest BCUT2D eigenvalue weighted by molar-refractivity contribution is -0.113. The predicted octanol–water partition coefficient (Wildman–Crippen LogP) is 2.17. The first-order valence-electron chi connectivity index (χ1n) is 6.92. The maximum atomic E-state index is 12.1. The second-order valence-corrected chi connectivity index (χ2v) is 5.72. The monoisotopic (exact) mass is 329 g/mol. The standard InChI is InChI=1S/C15H15N5O2S/c1-10-17-18-13-7-8-15(19-20(10)13)23-9-14(21)16-11-5-3-4-6-12(11)22-2/h3-8H,9H2,1-2H3,(H,16,21). The number of aryl methyl sites for hydroxylation is 1. The predicted molar refractivity (Wildman–Crippen MR) is 87.9 cm³/mol. The van der Waals surface area contributed by atoms with Crippen molar-refractivity contribution in [3.05, 3.63) is 42.2 Å². The Bertz CT molecular complexity index is 849. The molecule has 0 aliphatic rings. The van der Waals surface area contributed by atoms with E-state index in [0.717, 1.165) is 5.03 Å². The van der Waals surface area contributed by atoms with Gasteiger partial charge < -0.3 is 10.1 Å². The lowest BCUT2D eigenvalue weighted by atomic mass is 10.3. The fraction of sp³-hybridized carbons (Fsp3) is 0.200. The van der Waals surface area contributed by atoms with E-state index in [0.29, 0.717) is 22.9 Å². The topological polar surface area (TPSA) is 81.4 Å². The van der Waals surface area contributed by atoms with Crippen LogP contribution in [0.25, 0.3) is 5.65 Å². The zero-order valence-electron chi connectivity index (χ0n) is 12.7. The van der Waals surface area contributed by atoms with Gasteiger partial charge in [-0.05, 0) is 31.2 Å². The number of carbonyl (C=O) groups is 1. The minimum absolute atomic E-state index is 0.123. The number of benzene rings is 1. The van der Waals surface area contributed by atoms with Crippen molar-refractivity contribution in [3.63, 3.8) is 0 Å². The molecule has 118 valence electrons. The van der Waals surface area contributed by atoms with Crippen LogP contribution in [-0.4, -0.2) is 38.6 Å². The van der Waals surface area contributed by atoms with Gasteiger partial charge in [-0.3, -0.25) is 4.79 Å². The summed E-state index contributed by atoms with van der Waals surface area (Å²) in [5.41, 5.74) is 1.34. The summed E-state index contributed by atoms with van der Waals surface area (Å²) in [6, 6.07) is 10.9. The molecule has 8 heteroatoms. The molecule has 0 spiro atoms. The second kappa shape index (κ2) is 6.66. The Kier molecular flexibility index (Phi) is 4.42. The highest BCUT2D eigenvalue weighted by Crippen LogP contribution is 2.23. The summed E-state index contributed by atoms with van der Waals surface area (Å²) < 4.78 is 6.86. The van der Waals surface area contributed by atoms with E-state index in [4.69, 9.17) is 4.74 Å². The number of amides is 1. The number of fused-ring (bicyclic) bond motifs is 1. The molecule has 2 aromatic heterocycles. The zero-order valence-corrected chi connectivity index (χ0v) is 13.5. The van der Waals surface area contributed by atoms with Crippen molar-refractivity contribution in [1.29, 1.82) is 0 Å². The maximum absolute atomic E-state index is 12.1. The number of rotatable bonds is 5. The molecule has 3 aromatic rings. The molecule has 2 heterocycles. The Balaban J connectivity index is 1.64. The van der Waals surface area contributed by atoms with E-state index in [1.54, 1.807) is 23.8 Å². The van der Waals surface area contributed by atoms with Gasteiger partial charge in [0.2, 0.25) is 5.91 Å². The molecular formula is C15H15N5O2S. The third-order valence-electron chi connectivity index (χ3n) is 3.13. The Morgan fingerprint density at radius 3 is 2.91 bits per heavy atom. The Morgan fingerprint density at radius 1 is 1.26 bits per heavy atom. The van der Waals surface area contributed by atoms with Gasteiger partial charge in [0.05, 0.1) is 18.6 Å². The number of para-hydroxylation sites is 2. The lowest BCUT2D eigenvalue weighted by Crippen LogP contribution is -2.14. The van der Waals surface area contributed by atoms with Crippen LogP contribution in [-0.2, 0) is 4.79 Å². The number of methoxy groups -OCH3 is 1. The second-order valence-electron chi connectivity index (χ2n) is 4.73. The van der Waals surface area contributed by atoms with Gasteiger partial charge in [-0.2, -0.15) is 9.61 Å². The van der Waals surface area contributed by atoms with E-state index in [2.05, 4.69) is 20.6 Å². The largest absolute Gasteiger partial charge is 0.495 e. The van der Waals surface area contributed by atoms with E-state index in [1.807, 2.05) is 31.2 Å². The van der Waals surface area contributed by atoms with Gasteiger partial charge in [-0.15, -0.1) is 10.2 Å². The number of anilines is 1. The average Bonchev–Trinajstić information content (AvgIpc) is 2.94. The van der Waals surface area contributed by atoms with Crippen LogP contribution in [0.4, 0.5) is 5.69 Å². The molecule has 1 amide bonds. The van der Waals surface area contributed by atoms with Crippen LogP contribution in [0.3, 0.4) is 0 Å². The Hall–Kier alpha value is -2.61. The summed E-state index contributed by atoms with van der Waals surface area (Å²) >= 11 is 1.35. The molecule has 0 saturated heterocycles. The fourth-order valence-electron chi connectivity index (χ4n) is 2.03. The van der Waals surface area contributed by atoms with Crippen molar-refractivity contribution in [2.24, 2.45) is 0 Å². The van der Waals surface area contributed by atoms with Gasteiger partial charge in [0, 0.05) is 0 Å². The van der Waals surface area contributed by atoms with Crippen LogP contribution in [0.5, 0.6) is 5.75 Å². The van der Waals surface area contributed by atoms with Gasteiger partial charge >= 0.3 is 0 Å². The molecule has 0 aliphatic carbocycles. The van der Waals surface area contributed by atoms with Crippen LogP contribution in [0.2, 0.25) is 0 Å².